The van der Waals surface area contributed by atoms with Gasteiger partial charge >= 0.3 is 0 Å². The molecule has 0 spiro atoms. The molecule has 128 valence electrons. The zero-order valence-corrected chi connectivity index (χ0v) is 16.8. The summed E-state index contributed by atoms with van der Waals surface area (Å²) < 4.78 is 0. The van der Waals surface area contributed by atoms with Crippen molar-refractivity contribution >= 4 is 59.0 Å². The van der Waals surface area contributed by atoms with Gasteiger partial charge in [-0.2, -0.15) is 0 Å². The summed E-state index contributed by atoms with van der Waals surface area (Å²) in [7, 11) is 0. The minimum atomic E-state index is -0.119. The van der Waals surface area contributed by atoms with Gasteiger partial charge in [0.1, 0.15) is 5.82 Å². The van der Waals surface area contributed by atoms with Gasteiger partial charge in [-0.15, -0.1) is 24.0 Å². The topological polar surface area (TPSA) is 63.3 Å². The van der Waals surface area contributed by atoms with Crippen LogP contribution in [0.5, 0.6) is 0 Å². The van der Waals surface area contributed by atoms with E-state index in [0.717, 1.165) is 24.8 Å². The summed E-state index contributed by atoms with van der Waals surface area (Å²) in [6, 6.07) is 11.2. The number of benzene rings is 1. The van der Waals surface area contributed by atoms with Crippen LogP contribution >= 0.6 is 47.2 Å². The second-order valence-electron chi connectivity index (χ2n) is 5.77. The van der Waals surface area contributed by atoms with Gasteiger partial charge in [0, 0.05) is 21.7 Å². The first-order valence-corrected chi connectivity index (χ1v) is 8.29. The van der Waals surface area contributed by atoms with E-state index >= 15 is 0 Å². The fraction of sp³-hybridized carbons (Fsp3) is 0.294. The molecular formula is C17H19Cl2IN4. The summed E-state index contributed by atoms with van der Waals surface area (Å²) in [5.41, 5.74) is 6.85. The van der Waals surface area contributed by atoms with E-state index in [1.807, 2.05) is 36.4 Å². The van der Waals surface area contributed by atoms with Gasteiger partial charge in [0.25, 0.3) is 0 Å². The molecule has 1 aromatic heterocycles. The Morgan fingerprint density at radius 1 is 1.17 bits per heavy atom. The first-order chi connectivity index (χ1) is 11.1. The molecule has 1 aromatic carbocycles. The molecule has 1 fully saturated rings. The Balaban J connectivity index is 0.00000208. The van der Waals surface area contributed by atoms with Crippen molar-refractivity contribution in [3.05, 3.63) is 58.2 Å². The maximum Gasteiger partial charge on any atom is 0.194 e. The molecule has 0 radical (unpaired) electrons. The van der Waals surface area contributed by atoms with Gasteiger partial charge in [-0.3, -0.25) is 4.99 Å². The van der Waals surface area contributed by atoms with Crippen molar-refractivity contribution in [3.8, 4) is 0 Å². The zero-order chi connectivity index (χ0) is 16.3. The van der Waals surface area contributed by atoms with Crippen molar-refractivity contribution in [2.75, 3.05) is 11.9 Å². The van der Waals surface area contributed by atoms with E-state index < -0.39 is 0 Å². The highest BCUT2D eigenvalue weighted by Gasteiger charge is 2.41. The monoisotopic (exact) mass is 476 g/mol. The van der Waals surface area contributed by atoms with Crippen molar-refractivity contribution in [3.63, 3.8) is 0 Å². The summed E-state index contributed by atoms with van der Waals surface area (Å²) in [5.74, 6) is 1.02. The van der Waals surface area contributed by atoms with Crippen LogP contribution in [0.4, 0.5) is 5.82 Å². The fourth-order valence-electron chi connectivity index (χ4n) is 2.94. The Morgan fingerprint density at radius 2 is 1.88 bits per heavy atom. The van der Waals surface area contributed by atoms with Crippen LogP contribution in [0.25, 0.3) is 0 Å². The Bertz CT molecular complexity index is 698. The van der Waals surface area contributed by atoms with E-state index in [1.165, 1.54) is 0 Å². The lowest BCUT2D eigenvalue weighted by Crippen LogP contribution is -2.39. The normalized spacial score (nSPS) is 16.0. The third-order valence-corrected chi connectivity index (χ3v) is 4.91. The molecule has 7 heteroatoms. The highest BCUT2D eigenvalue weighted by molar-refractivity contribution is 14.0. The van der Waals surface area contributed by atoms with E-state index in [0.29, 0.717) is 28.4 Å². The van der Waals surface area contributed by atoms with Crippen LogP contribution in [0, 0.1) is 0 Å². The lowest BCUT2D eigenvalue weighted by atomic mass is 9.64. The summed E-state index contributed by atoms with van der Waals surface area (Å²) in [6.45, 7) is 0.558. The second kappa shape index (κ2) is 8.36. The molecule has 0 amide bonds. The van der Waals surface area contributed by atoms with Gasteiger partial charge in [-0.1, -0.05) is 41.8 Å². The molecule has 1 aliphatic rings. The molecule has 1 heterocycles. The number of aliphatic imine (C=N–C) groups is 1. The van der Waals surface area contributed by atoms with Gasteiger partial charge in [-0.25, -0.2) is 4.98 Å². The average Bonchev–Trinajstić information content (AvgIpc) is 2.49. The van der Waals surface area contributed by atoms with Crippen LogP contribution in [-0.2, 0) is 5.41 Å². The molecule has 0 bridgehead atoms. The van der Waals surface area contributed by atoms with Crippen molar-refractivity contribution in [2.45, 2.75) is 24.7 Å². The molecule has 1 aliphatic carbocycles. The number of nitrogens with one attached hydrogen (secondary N) is 1. The third-order valence-electron chi connectivity index (χ3n) is 4.28. The van der Waals surface area contributed by atoms with Gasteiger partial charge in [-0.05, 0) is 42.7 Å². The molecule has 0 atom stereocenters. The van der Waals surface area contributed by atoms with Crippen LogP contribution in [0.1, 0.15) is 24.8 Å². The summed E-state index contributed by atoms with van der Waals surface area (Å²) in [5, 5.41) is 4.39. The Hall–Kier alpha value is -1.05. The van der Waals surface area contributed by atoms with Crippen LogP contribution < -0.4 is 11.1 Å². The van der Waals surface area contributed by atoms with Crippen molar-refractivity contribution in [1.29, 1.82) is 0 Å². The first kappa shape index (κ1) is 19.3. The second-order valence-corrected chi connectivity index (χ2v) is 6.59. The predicted octanol–water partition coefficient (Wildman–Crippen LogP) is 4.85. The maximum absolute atomic E-state index is 6.38. The number of nitrogens with two attached hydrogens (primary N) is 1. The molecular weight excluding hydrogens is 458 g/mol. The Labute approximate surface area is 168 Å². The molecule has 2 aromatic rings. The summed E-state index contributed by atoms with van der Waals surface area (Å²) in [6.07, 6.45) is 4.87. The minimum Gasteiger partial charge on any atom is -0.370 e. The molecule has 0 aliphatic heterocycles. The largest absolute Gasteiger partial charge is 0.370 e. The Morgan fingerprint density at radius 3 is 2.42 bits per heavy atom. The molecule has 3 N–H and O–H groups in total. The summed E-state index contributed by atoms with van der Waals surface area (Å²) >= 11 is 12.8. The smallest absolute Gasteiger partial charge is 0.194 e. The molecule has 0 saturated heterocycles. The molecule has 4 nitrogen and oxygen atoms in total. The SMILES string of the molecule is I.NC(=NCC1(c2c(Cl)cccc2Cl)CCC1)Nc1ccccn1. The van der Waals surface area contributed by atoms with E-state index in [4.69, 9.17) is 28.9 Å². The average molecular weight is 477 g/mol. The third kappa shape index (κ3) is 4.13. The minimum absolute atomic E-state index is 0. The van der Waals surface area contributed by atoms with Gasteiger partial charge in [0.05, 0.1) is 6.54 Å². The molecule has 1 saturated carbocycles. The number of hydrogen-bond donors (Lipinski definition) is 2. The number of rotatable bonds is 4. The highest BCUT2D eigenvalue weighted by atomic mass is 127. The number of halogens is 3. The lowest BCUT2D eigenvalue weighted by molar-refractivity contribution is 0.254. The standard InChI is InChI=1S/C17H18Cl2N4.HI/c18-12-5-3-6-13(19)15(12)17(8-4-9-17)11-22-16(20)23-14-7-1-2-10-21-14;/h1-3,5-7,10H,4,8-9,11H2,(H3,20,21,22,23);1H. The predicted molar refractivity (Wildman–Crippen MR) is 112 cm³/mol. The van der Waals surface area contributed by atoms with E-state index in [2.05, 4.69) is 15.3 Å². The van der Waals surface area contributed by atoms with Crippen molar-refractivity contribution < 1.29 is 0 Å². The van der Waals surface area contributed by atoms with E-state index in [1.54, 1.807) is 6.20 Å². The number of guanidine groups is 1. The van der Waals surface area contributed by atoms with Crippen molar-refractivity contribution in [2.24, 2.45) is 10.7 Å². The molecule has 0 unspecified atom stereocenters. The number of hydrogen-bond acceptors (Lipinski definition) is 2. The number of aromatic nitrogens is 1. The maximum atomic E-state index is 6.38. The highest BCUT2D eigenvalue weighted by Crippen LogP contribution is 2.49. The molecule has 24 heavy (non-hydrogen) atoms. The Kier molecular flexibility index (Phi) is 6.71. The van der Waals surface area contributed by atoms with Gasteiger partial charge < -0.3 is 11.1 Å². The summed E-state index contributed by atoms with van der Waals surface area (Å²) in [4.78, 5) is 8.67. The van der Waals surface area contributed by atoms with Gasteiger partial charge in [0.15, 0.2) is 5.96 Å². The van der Waals surface area contributed by atoms with Crippen LogP contribution in [0.15, 0.2) is 47.6 Å². The van der Waals surface area contributed by atoms with Crippen molar-refractivity contribution in [1.82, 2.24) is 4.98 Å². The van der Waals surface area contributed by atoms with Crippen LogP contribution in [0.2, 0.25) is 10.0 Å². The number of pyridine rings is 1. The van der Waals surface area contributed by atoms with E-state index in [9.17, 15) is 0 Å². The number of nitrogens with zero attached hydrogens (tertiary/aromatic N) is 2. The number of anilines is 1. The zero-order valence-electron chi connectivity index (χ0n) is 13.0. The molecule has 3 rings (SSSR count). The van der Waals surface area contributed by atoms with Gasteiger partial charge in [0.2, 0.25) is 0 Å². The first-order valence-electron chi connectivity index (χ1n) is 7.53. The quantitative estimate of drug-likeness (QED) is 0.376. The fourth-order valence-corrected chi connectivity index (χ4v) is 3.74. The lowest BCUT2D eigenvalue weighted by Gasteiger charge is -2.42. The van der Waals surface area contributed by atoms with E-state index in [-0.39, 0.29) is 29.4 Å². The van der Waals surface area contributed by atoms with Crippen LogP contribution in [-0.4, -0.2) is 17.5 Å². The van der Waals surface area contributed by atoms with Crippen LogP contribution in [0.3, 0.4) is 0 Å².